The minimum atomic E-state index is -0.507. The lowest BCUT2D eigenvalue weighted by atomic mass is 9.93. The van der Waals surface area contributed by atoms with Gasteiger partial charge in [0.2, 0.25) is 11.8 Å². The number of likely N-dealkylation sites (tertiary alicyclic amines) is 1. The summed E-state index contributed by atoms with van der Waals surface area (Å²) in [5.74, 6) is 1.63. The van der Waals surface area contributed by atoms with Crippen LogP contribution in [0.25, 0.3) is 0 Å². The number of hydrogen-bond donors (Lipinski definition) is 2. The van der Waals surface area contributed by atoms with Crippen molar-refractivity contribution in [3.05, 3.63) is 29.2 Å². The first kappa shape index (κ1) is 17.6. The number of primary amides is 1. The van der Waals surface area contributed by atoms with Crippen molar-refractivity contribution in [2.75, 3.05) is 13.1 Å². The molecule has 1 fully saturated rings. The minimum Gasteiger partial charge on any atom is -0.424 e. The summed E-state index contributed by atoms with van der Waals surface area (Å²) in [5.41, 5.74) is 6.53. The first-order chi connectivity index (χ1) is 11.9. The molecule has 2 unspecified atom stereocenters. The molecule has 0 aromatic carbocycles. The molecule has 8 heteroatoms. The van der Waals surface area contributed by atoms with Crippen LogP contribution in [0.2, 0.25) is 0 Å². The molecule has 1 aliphatic rings. The van der Waals surface area contributed by atoms with Crippen molar-refractivity contribution < 1.29 is 9.21 Å². The standard InChI is InChI=1S/C17H26N6O2/c1-10(2)7-15-21-22-17(25-15)11(3)23-6-4-5-12(9-23)13-8-14(16(18)24)20-19-13/h8,10-12H,4-7,9H2,1-3H3,(H2,18,24)(H,19,20). The lowest BCUT2D eigenvalue weighted by Gasteiger charge is -2.34. The number of hydrogen-bond acceptors (Lipinski definition) is 6. The van der Waals surface area contributed by atoms with Gasteiger partial charge in [-0.05, 0) is 38.3 Å². The number of aromatic amines is 1. The molecule has 3 rings (SSSR count). The zero-order chi connectivity index (χ0) is 18.0. The fraction of sp³-hybridized carbons (Fsp3) is 0.647. The Bertz CT molecular complexity index is 722. The SMILES string of the molecule is CC(C)Cc1nnc(C(C)N2CCCC(c3cc(C(N)=O)n[nH]3)C2)o1. The monoisotopic (exact) mass is 346 g/mol. The molecule has 3 N–H and O–H groups in total. The second-order valence-electron chi connectivity index (χ2n) is 7.21. The van der Waals surface area contributed by atoms with Gasteiger partial charge < -0.3 is 10.2 Å². The third-order valence-corrected chi connectivity index (χ3v) is 4.71. The van der Waals surface area contributed by atoms with Crippen LogP contribution in [0, 0.1) is 5.92 Å². The molecule has 136 valence electrons. The van der Waals surface area contributed by atoms with Crippen LogP contribution in [0.15, 0.2) is 10.5 Å². The lowest BCUT2D eigenvalue weighted by molar-refractivity contribution is 0.0995. The lowest BCUT2D eigenvalue weighted by Crippen LogP contribution is -2.36. The summed E-state index contributed by atoms with van der Waals surface area (Å²) < 4.78 is 5.84. The molecule has 8 nitrogen and oxygen atoms in total. The van der Waals surface area contributed by atoms with Gasteiger partial charge in [0.25, 0.3) is 5.91 Å². The van der Waals surface area contributed by atoms with E-state index in [2.05, 4.69) is 46.1 Å². The van der Waals surface area contributed by atoms with Crippen LogP contribution < -0.4 is 5.73 Å². The molecule has 0 radical (unpaired) electrons. The van der Waals surface area contributed by atoms with Crippen LogP contribution in [-0.2, 0) is 6.42 Å². The minimum absolute atomic E-state index is 0.0646. The fourth-order valence-corrected chi connectivity index (χ4v) is 3.31. The van der Waals surface area contributed by atoms with Gasteiger partial charge in [-0.2, -0.15) is 5.10 Å². The van der Waals surface area contributed by atoms with E-state index in [1.54, 1.807) is 6.07 Å². The van der Waals surface area contributed by atoms with E-state index in [0.29, 0.717) is 17.7 Å². The van der Waals surface area contributed by atoms with Gasteiger partial charge in [0.05, 0.1) is 6.04 Å². The Kier molecular flexibility index (Phi) is 5.17. The van der Waals surface area contributed by atoms with Crippen LogP contribution in [0.5, 0.6) is 0 Å². The Hall–Kier alpha value is -2.22. The van der Waals surface area contributed by atoms with E-state index in [4.69, 9.17) is 10.2 Å². The Balaban J connectivity index is 1.67. The van der Waals surface area contributed by atoms with Crippen molar-refractivity contribution in [3.63, 3.8) is 0 Å². The third-order valence-electron chi connectivity index (χ3n) is 4.71. The van der Waals surface area contributed by atoms with Gasteiger partial charge in [-0.3, -0.25) is 14.8 Å². The zero-order valence-electron chi connectivity index (χ0n) is 15.0. The normalized spacial score (nSPS) is 20.1. The first-order valence-corrected chi connectivity index (χ1v) is 8.85. The van der Waals surface area contributed by atoms with Crippen LogP contribution >= 0.6 is 0 Å². The maximum absolute atomic E-state index is 11.2. The molecule has 2 aromatic rings. The molecule has 3 heterocycles. The van der Waals surface area contributed by atoms with Crippen molar-refractivity contribution in [1.29, 1.82) is 0 Å². The zero-order valence-corrected chi connectivity index (χ0v) is 15.0. The fourth-order valence-electron chi connectivity index (χ4n) is 3.31. The summed E-state index contributed by atoms with van der Waals surface area (Å²) in [7, 11) is 0. The molecular weight excluding hydrogens is 320 g/mol. The molecule has 0 bridgehead atoms. The number of piperidine rings is 1. The summed E-state index contributed by atoms with van der Waals surface area (Å²) in [4.78, 5) is 13.6. The largest absolute Gasteiger partial charge is 0.424 e. The van der Waals surface area contributed by atoms with E-state index in [1.165, 1.54) is 0 Å². The highest BCUT2D eigenvalue weighted by atomic mass is 16.4. The first-order valence-electron chi connectivity index (χ1n) is 8.85. The number of aromatic nitrogens is 4. The molecule has 2 aromatic heterocycles. The summed E-state index contributed by atoms with van der Waals surface area (Å²) in [5, 5.41) is 15.3. The van der Waals surface area contributed by atoms with Crippen LogP contribution in [0.3, 0.4) is 0 Å². The Morgan fingerprint density at radius 3 is 2.92 bits per heavy atom. The Labute approximate surface area is 147 Å². The molecule has 1 saturated heterocycles. The van der Waals surface area contributed by atoms with Gasteiger partial charge in [-0.1, -0.05) is 13.8 Å². The molecule has 1 aliphatic heterocycles. The molecule has 0 aliphatic carbocycles. The molecule has 2 atom stereocenters. The van der Waals surface area contributed by atoms with E-state index < -0.39 is 5.91 Å². The van der Waals surface area contributed by atoms with E-state index in [9.17, 15) is 4.79 Å². The van der Waals surface area contributed by atoms with Crippen molar-refractivity contribution >= 4 is 5.91 Å². The summed E-state index contributed by atoms with van der Waals surface area (Å²) in [6.45, 7) is 8.19. The quantitative estimate of drug-likeness (QED) is 0.827. The van der Waals surface area contributed by atoms with Gasteiger partial charge in [-0.15, -0.1) is 10.2 Å². The van der Waals surface area contributed by atoms with Gasteiger partial charge in [0.1, 0.15) is 5.69 Å². The second kappa shape index (κ2) is 7.35. The van der Waals surface area contributed by atoms with Crippen LogP contribution in [-0.4, -0.2) is 44.3 Å². The highest BCUT2D eigenvalue weighted by Gasteiger charge is 2.29. The van der Waals surface area contributed by atoms with Crippen molar-refractivity contribution in [1.82, 2.24) is 25.3 Å². The smallest absolute Gasteiger partial charge is 0.269 e. The number of amides is 1. The summed E-state index contributed by atoms with van der Waals surface area (Å²) >= 11 is 0. The van der Waals surface area contributed by atoms with E-state index in [-0.39, 0.29) is 17.7 Å². The molecule has 25 heavy (non-hydrogen) atoms. The summed E-state index contributed by atoms with van der Waals surface area (Å²) in [6.07, 6.45) is 2.91. The maximum Gasteiger partial charge on any atom is 0.269 e. The molecule has 0 saturated carbocycles. The van der Waals surface area contributed by atoms with Crippen LogP contribution in [0.4, 0.5) is 0 Å². The third kappa shape index (κ3) is 4.07. The van der Waals surface area contributed by atoms with Gasteiger partial charge in [-0.25, -0.2) is 0 Å². The number of H-pyrrole nitrogens is 1. The number of nitrogens with zero attached hydrogens (tertiary/aromatic N) is 4. The van der Waals surface area contributed by atoms with Crippen molar-refractivity contribution in [3.8, 4) is 0 Å². The number of nitrogens with two attached hydrogens (primary N) is 1. The van der Waals surface area contributed by atoms with Gasteiger partial charge >= 0.3 is 0 Å². The average Bonchev–Trinajstić information content (AvgIpc) is 3.23. The number of carbonyl (C=O) groups excluding carboxylic acids is 1. The number of rotatable bonds is 6. The van der Waals surface area contributed by atoms with Crippen molar-refractivity contribution in [2.24, 2.45) is 11.7 Å². The predicted molar refractivity (Wildman–Crippen MR) is 91.9 cm³/mol. The Morgan fingerprint density at radius 1 is 1.44 bits per heavy atom. The number of carbonyl (C=O) groups is 1. The van der Waals surface area contributed by atoms with Crippen molar-refractivity contribution in [2.45, 2.75) is 52.0 Å². The second-order valence-corrected chi connectivity index (χ2v) is 7.21. The summed E-state index contributed by atoms with van der Waals surface area (Å²) in [6, 6.07) is 1.82. The molecule has 1 amide bonds. The van der Waals surface area contributed by atoms with Gasteiger partial charge in [0, 0.05) is 24.6 Å². The average molecular weight is 346 g/mol. The van der Waals surface area contributed by atoms with Crippen LogP contribution in [0.1, 0.15) is 73.5 Å². The van der Waals surface area contributed by atoms with E-state index >= 15 is 0 Å². The van der Waals surface area contributed by atoms with Gasteiger partial charge in [0.15, 0.2) is 0 Å². The highest BCUT2D eigenvalue weighted by molar-refractivity contribution is 5.90. The molecule has 0 spiro atoms. The Morgan fingerprint density at radius 2 is 2.24 bits per heavy atom. The number of nitrogens with one attached hydrogen (secondary N) is 1. The topological polar surface area (TPSA) is 114 Å². The maximum atomic E-state index is 11.2. The van der Waals surface area contributed by atoms with E-state index in [1.807, 2.05) is 0 Å². The predicted octanol–water partition coefficient (Wildman–Crippen LogP) is 2.03. The van der Waals surface area contributed by atoms with E-state index in [0.717, 1.165) is 38.0 Å². The molecular formula is C17H26N6O2. The highest BCUT2D eigenvalue weighted by Crippen LogP contribution is 2.31.